The number of fused-ring (bicyclic) bond motifs is 1. The molecule has 33 heavy (non-hydrogen) atoms. The van der Waals surface area contributed by atoms with E-state index < -0.39 is 52.2 Å². The Kier molecular flexibility index (Phi) is 5.19. The second-order valence-electron chi connectivity index (χ2n) is 11.6. The Morgan fingerprint density at radius 1 is 1.24 bits per heavy atom. The number of nitrogens with two attached hydrogens (primary N) is 3. The molecule has 2 aliphatic carbocycles. The van der Waals surface area contributed by atoms with E-state index in [0.29, 0.717) is 6.42 Å². The first-order valence-corrected chi connectivity index (χ1v) is 11.7. The Labute approximate surface area is 194 Å². The molecule has 2 saturated heterocycles. The van der Waals surface area contributed by atoms with Gasteiger partial charge in [-0.3, -0.25) is 19.2 Å². The minimum Gasteiger partial charge on any atom is -0.377 e. The molecule has 0 aromatic rings. The van der Waals surface area contributed by atoms with Gasteiger partial charge in [0, 0.05) is 36.4 Å². The maximum Gasteiger partial charge on any atom is 0.243 e. The number of primary amides is 2. The van der Waals surface area contributed by atoms with Gasteiger partial charge in [0.25, 0.3) is 0 Å². The van der Waals surface area contributed by atoms with Crippen molar-refractivity contribution >= 4 is 23.6 Å². The number of piperidine rings is 1. The van der Waals surface area contributed by atoms with Crippen molar-refractivity contribution in [1.82, 2.24) is 10.2 Å². The van der Waals surface area contributed by atoms with E-state index in [2.05, 4.69) is 5.32 Å². The van der Waals surface area contributed by atoms with Crippen molar-refractivity contribution in [3.05, 3.63) is 0 Å². The van der Waals surface area contributed by atoms with Crippen molar-refractivity contribution in [3.8, 4) is 0 Å². The summed E-state index contributed by atoms with van der Waals surface area (Å²) in [5, 5.41) is 3.06. The third kappa shape index (κ3) is 3.20. The molecular weight excluding hydrogens is 426 g/mol. The number of carbonyl (C=O) groups is 4. The zero-order valence-electron chi connectivity index (χ0n) is 20.1. The molecule has 184 valence electrons. The van der Waals surface area contributed by atoms with Crippen LogP contribution in [0.1, 0.15) is 53.4 Å². The Morgan fingerprint density at radius 3 is 2.30 bits per heavy atom. The summed E-state index contributed by atoms with van der Waals surface area (Å²) in [5.41, 5.74) is 15.5. The van der Waals surface area contributed by atoms with Gasteiger partial charge in [-0.15, -0.1) is 0 Å². The van der Waals surface area contributed by atoms with Crippen LogP contribution in [0.5, 0.6) is 0 Å². The summed E-state index contributed by atoms with van der Waals surface area (Å²) >= 11 is 0. The summed E-state index contributed by atoms with van der Waals surface area (Å²) < 4.78 is 5.38. The lowest BCUT2D eigenvalue weighted by Gasteiger charge is -2.40. The molecule has 6 atom stereocenters. The minimum atomic E-state index is -1.04. The van der Waals surface area contributed by atoms with Gasteiger partial charge in [0.1, 0.15) is 12.1 Å². The highest BCUT2D eigenvalue weighted by Crippen LogP contribution is 2.78. The van der Waals surface area contributed by atoms with Gasteiger partial charge in [-0.1, -0.05) is 13.8 Å². The third-order valence-electron chi connectivity index (χ3n) is 9.41. The summed E-state index contributed by atoms with van der Waals surface area (Å²) in [6.45, 7) is 7.59. The molecule has 2 saturated carbocycles. The molecule has 7 N–H and O–H groups in total. The fraction of sp³-hybridized carbons (Fsp3) is 0.826. The lowest BCUT2D eigenvalue weighted by molar-refractivity contribution is -0.149. The van der Waals surface area contributed by atoms with Crippen molar-refractivity contribution in [3.63, 3.8) is 0 Å². The molecule has 4 rings (SSSR count). The number of ether oxygens (including phenoxy) is 1. The summed E-state index contributed by atoms with van der Waals surface area (Å²) in [5.74, 6) is -3.09. The molecule has 0 radical (unpaired) electrons. The largest absolute Gasteiger partial charge is 0.377 e. The number of carbonyl (C=O) groups excluding carboxylic acids is 4. The molecule has 0 aromatic heterocycles. The quantitative estimate of drug-likeness (QED) is 0.368. The molecule has 1 spiro atoms. The number of hydrogen-bond acceptors (Lipinski definition) is 6. The number of methoxy groups -OCH3 is 1. The maximum atomic E-state index is 13.4. The summed E-state index contributed by atoms with van der Waals surface area (Å²) in [6, 6.07) is -2.06. The van der Waals surface area contributed by atoms with E-state index in [1.54, 1.807) is 13.8 Å². The van der Waals surface area contributed by atoms with E-state index in [0.717, 1.165) is 12.8 Å². The third-order valence-corrected chi connectivity index (χ3v) is 9.41. The number of hydrogen-bond donors (Lipinski definition) is 4. The summed E-state index contributed by atoms with van der Waals surface area (Å²) in [7, 11) is 1.47. The monoisotopic (exact) mass is 463 g/mol. The van der Waals surface area contributed by atoms with Crippen LogP contribution in [-0.4, -0.2) is 65.4 Å². The van der Waals surface area contributed by atoms with Crippen molar-refractivity contribution in [2.45, 2.75) is 76.6 Å². The fourth-order valence-electron chi connectivity index (χ4n) is 7.00. The standard InChI is InChI=1S/C23H37N5O5/c1-20(2)13-10-28(19(32)14(24)21(3,4)33-5)15(17(26)30)23(13,20)12(16(25)29)8-11-9-22(6-7-22)27-18(11)31/h11-15H,6-10,24H2,1-5H3,(H2,25,29)(H2,26,30)(H,27,31)/t11-,12-,13?,14-,15?,23?/m1/s1. The van der Waals surface area contributed by atoms with Gasteiger partial charge < -0.3 is 32.2 Å². The summed E-state index contributed by atoms with van der Waals surface area (Å²) in [6.07, 6.45) is 2.78. The molecule has 2 aliphatic heterocycles. The molecule has 10 heteroatoms. The van der Waals surface area contributed by atoms with Crippen molar-refractivity contribution in [1.29, 1.82) is 0 Å². The molecule has 10 nitrogen and oxygen atoms in total. The van der Waals surface area contributed by atoms with Gasteiger partial charge >= 0.3 is 0 Å². The van der Waals surface area contributed by atoms with E-state index in [4.69, 9.17) is 21.9 Å². The molecule has 3 unspecified atom stereocenters. The van der Waals surface area contributed by atoms with Gasteiger partial charge in [0.05, 0.1) is 5.60 Å². The van der Waals surface area contributed by atoms with Crippen LogP contribution in [0.2, 0.25) is 0 Å². The van der Waals surface area contributed by atoms with Crippen LogP contribution >= 0.6 is 0 Å². The van der Waals surface area contributed by atoms with Crippen LogP contribution in [-0.2, 0) is 23.9 Å². The van der Waals surface area contributed by atoms with Gasteiger partial charge in [-0.2, -0.15) is 0 Å². The molecule has 2 heterocycles. The van der Waals surface area contributed by atoms with E-state index in [9.17, 15) is 19.2 Å². The zero-order valence-corrected chi connectivity index (χ0v) is 20.1. The Balaban J connectivity index is 1.68. The second-order valence-corrected chi connectivity index (χ2v) is 11.6. The van der Waals surface area contributed by atoms with E-state index in [-0.39, 0.29) is 36.2 Å². The topological polar surface area (TPSA) is 171 Å². The SMILES string of the molecule is COC(C)(C)[C@H](N)C(=O)N1CC2C(C)(C)C2([C@H](C[C@@H]2CC3(CC3)NC2=O)C(N)=O)C1C(N)=O. The summed E-state index contributed by atoms with van der Waals surface area (Å²) in [4.78, 5) is 53.2. The molecule has 4 fully saturated rings. The lowest BCUT2D eigenvalue weighted by atomic mass is 9.71. The fourth-order valence-corrected chi connectivity index (χ4v) is 7.00. The molecule has 4 amide bonds. The predicted molar refractivity (Wildman–Crippen MR) is 119 cm³/mol. The normalized spacial score (nSPS) is 35.0. The predicted octanol–water partition coefficient (Wildman–Crippen LogP) is -0.762. The van der Waals surface area contributed by atoms with Crippen LogP contribution < -0.4 is 22.5 Å². The lowest BCUT2D eigenvalue weighted by Crippen LogP contribution is -2.61. The Morgan fingerprint density at radius 2 is 1.85 bits per heavy atom. The van der Waals surface area contributed by atoms with Crippen molar-refractivity contribution in [2.75, 3.05) is 13.7 Å². The van der Waals surface area contributed by atoms with Gasteiger partial charge in [-0.25, -0.2) is 0 Å². The zero-order chi connectivity index (χ0) is 24.7. The van der Waals surface area contributed by atoms with E-state index in [1.807, 2.05) is 13.8 Å². The number of nitrogens with zero attached hydrogens (tertiary/aromatic N) is 1. The van der Waals surface area contributed by atoms with Gasteiger partial charge in [0.2, 0.25) is 23.6 Å². The highest BCUT2D eigenvalue weighted by Gasteiger charge is 2.83. The smallest absolute Gasteiger partial charge is 0.243 e. The number of rotatable bonds is 8. The highest BCUT2D eigenvalue weighted by atomic mass is 16.5. The van der Waals surface area contributed by atoms with Crippen molar-refractivity contribution < 1.29 is 23.9 Å². The van der Waals surface area contributed by atoms with Crippen LogP contribution in [0, 0.1) is 28.6 Å². The van der Waals surface area contributed by atoms with E-state index >= 15 is 0 Å². The minimum absolute atomic E-state index is 0.0735. The molecule has 4 aliphatic rings. The van der Waals surface area contributed by atoms with Gasteiger partial charge in [0.15, 0.2) is 0 Å². The first kappa shape index (κ1) is 23.9. The Hall–Kier alpha value is -2.20. The first-order chi connectivity index (χ1) is 15.2. The van der Waals surface area contributed by atoms with Crippen molar-refractivity contribution in [2.24, 2.45) is 45.8 Å². The maximum absolute atomic E-state index is 13.4. The average molecular weight is 464 g/mol. The number of nitrogens with one attached hydrogen (secondary N) is 1. The number of amides is 4. The second kappa shape index (κ2) is 7.15. The molecular formula is C23H37N5O5. The van der Waals surface area contributed by atoms with Crippen LogP contribution in [0.15, 0.2) is 0 Å². The molecule has 0 aromatic carbocycles. The van der Waals surface area contributed by atoms with Crippen LogP contribution in [0.4, 0.5) is 0 Å². The average Bonchev–Trinajstić information content (AvgIpc) is 3.43. The van der Waals surface area contributed by atoms with E-state index in [1.165, 1.54) is 12.0 Å². The first-order valence-electron chi connectivity index (χ1n) is 11.7. The molecule has 0 bridgehead atoms. The Bertz CT molecular complexity index is 913. The van der Waals surface area contributed by atoms with Crippen LogP contribution in [0.25, 0.3) is 0 Å². The van der Waals surface area contributed by atoms with Crippen LogP contribution in [0.3, 0.4) is 0 Å². The number of likely N-dealkylation sites (tertiary alicyclic amines) is 1. The van der Waals surface area contributed by atoms with Gasteiger partial charge in [-0.05, 0) is 50.9 Å². The highest BCUT2D eigenvalue weighted by molar-refractivity contribution is 5.94.